The molecule has 0 radical (unpaired) electrons. The quantitative estimate of drug-likeness (QED) is 0.838. The van der Waals surface area contributed by atoms with Gasteiger partial charge < -0.3 is 19.1 Å². The van der Waals surface area contributed by atoms with Crippen LogP contribution in [0.2, 0.25) is 0 Å². The zero-order chi connectivity index (χ0) is 15.4. The highest BCUT2D eigenvalue weighted by atomic mass is 16.6. The molecule has 1 aromatic heterocycles. The molecule has 3 rings (SSSR count). The smallest absolute Gasteiger partial charge is 0.248 e. The molecule has 6 heteroatoms. The number of carbonyl (C=O) groups excluding carboxylic acids is 1. The van der Waals surface area contributed by atoms with Gasteiger partial charge >= 0.3 is 0 Å². The van der Waals surface area contributed by atoms with Crippen LogP contribution in [-0.4, -0.2) is 60.9 Å². The molecule has 2 aliphatic rings. The van der Waals surface area contributed by atoms with Gasteiger partial charge in [-0.25, -0.2) is 0 Å². The van der Waals surface area contributed by atoms with Crippen molar-refractivity contribution in [3.63, 3.8) is 0 Å². The maximum absolute atomic E-state index is 11.8. The molecule has 2 aliphatic heterocycles. The third kappa shape index (κ3) is 3.39. The highest BCUT2D eigenvalue weighted by molar-refractivity contribution is 5.77. The summed E-state index contributed by atoms with van der Waals surface area (Å²) in [5.41, 5.74) is -0.142. The highest BCUT2D eigenvalue weighted by Gasteiger charge is 2.44. The van der Waals surface area contributed by atoms with Crippen LogP contribution < -0.4 is 4.74 Å². The van der Waals surface area contributed by atoms with Crippen LogP contribution >= 0.6 is 0 Å². The van der Waals surface area contributed by atoms with E-state index in [1.807, 2.05) is 17.0 Å². The van der Waals surface area contributed by atoms with E-state index in [9.17, 15) is 4.79 Å². The lowest BCUT2D eigenvalue weighted by Crippen LogP contribution is -2.47. The van der Waals surface area contributed by atoms with Gasteiger partial charge in [0.05, 0.1) is 18.4 Å². The first-order valence-corrected chi connectivity index (χ1v) is 7.68. The number of aromatic nitrogens is 1. The fraction of sp³-hybridized carbons (Fsp3) is 0.625. The van der Waals surface area contributed by atoms with Crippen LogP contribution in [0.5, 0.6) is 5.75 Å². The molecule has 0 N–H and O–H groups in total. The molecule has 1 atom stereocenters. The molecular formula is C16H22N2O4. The monoisotopic (exact) mass is 306 g/mol. The second-order valence-corrected chi connectivity index (χ2v) is 5.94. The maximum Gasteiger partial charge on any atom is 0.248 e. The number of likely N-dealkylation sites (tertiary alicyclic amines) is 1. The van der Waals surface area contributed by atoms with E-state index in [4.69, 9.17) is 14.2 Å². The number of nitrogens with zero attached hydrogens (tertiary/aromatic N) is 2. The fourth-order valence-corrected chi connectivity index (χ4v) is 3.21. The molecule has 3 heterocycles. The van der Waals surface area contributed by atoms with E-state index in [1.165, 1.54) is 0 Å². The molecule has 1 spiro atoms. The van der Waals surface area contributed by atoms with Crippen molar-refractivity contribution < 1.29 is 19.0 Å². The Morgan fingerprint density at radius 2 is 2.32 bits per heavy atom. The number of pyridine rings is 1. The molecule has 6 nitrogen and oxygen atoms in total. The minimum atomic E-state index is -0.142. The van der Waals surface area contributed by atoms with Crippen LogP contribution in [-0.2, 0) is 14.3 Å². The van der Waals surface area contributed by atoms with Crippen molar-refractivity contribution in [1.82, 2.24) is 9.88 Å². The number of amides is 1. The van der Waals surface area contributed by atoms with Crippen molar-refractivity contribution in [2.75, 3.05) is 33.4 Å². The van der Waals surface area contributed by atoms with Crippen molar-refractivity contribution >= 4 is 5.91 Å². The van der Waals surface area contributed by atoms with Crippen LogP contribution in [0.25, 0.3) is 0 Å². The van der Waals surface area contributed by atoms with Gasteiger partial charge in [-0.15, -0.1) is 0 Å². The number of ether oxygens (including phenoxy) is 3. The molecular weight excluding hydrogens is 284 g/mol. The third-order valence-corrected chi connectivity index (χ3v) is 4.41. The van der Waals surface area contributed by atoms with E-state index in [0.717, 1.165) is 38.1 Å². The van der Waals surface area contributed by atoms with Crippen molar-refractivity contribution in [3.8, 4) is 5.75 Å². The third-order valence-electron chi connectivity index (χ3n) is 4.41. The first kappa shape index (κ1) is 15.2. The molecule has 2 fully saturated rings. The van der Waals surface area contributed by atoms with Crippen molar-refractivity contribution in [2.24, 2.45) is 0 Å². The van der Waals surface area contributed by atoms with Gasteiger partial charge in [0.1, 0.15) is 18.5 Å². The number of hydrogen-bond donors (Lipinski definition) is 0. The topological polar surface area (TPSA) is 60.9 Å². The second kappa shape index (κ2) is 6.62. The van der Waals surface area contributed by atoms with Crippen LogP contribution in [0.15, 0.2) is 24.5 Å². The summed E-state index contributed by atoms with van der Waals surface area (Å²) in [4.78, 5) is 17.7. The van der Waals surface area contributed by atoms with E-state index < -0.39 is 0 Å². The summed E-state index contributed by atoms with van der Waals surface area (Å²) in [5, 5.41) is 0. The number of hydrogen-bond acceptors (Lipinski definition) is 5. The molecule has 0 unspecified atom stereocenters. The second-order valence-electron chi connectivity index (χ2n) is 5.94. The molecule has 0 aliphatic carbocycles. The van der Waals surface area contributed by atoms with Crippen molar-refractivity contribution in [1.29, 1.82) is 0 Å². The predicted octanol–water partition coefficient (Wildman–Crippen LogP) is 1.26. The normalized spacial score (nSPS) is 23.7. The largest absolute Gasteiger partial charge is 0.486 e. The first-order chi connectivity index (χ1) is 10.7. The minimum Gasteiger partial charge on any atom is -0.486 e. The first-order valence-electron chi connectivity index (χ1n) is 7.68. The average Bonchev–Trinajstić information content (AvgIpc) is 2.92. The van der Waals surface area contributed by atoms with E-state index in [-0.39, 0.29) is 24.2 Å². The van der Waals surface area contributed by atoms with Gasteiger partial charge in [-0.2, -0.15) is 0 Å². The molecule has 1 amide bonds. The van der Waals surface area contributed by atoms with E-state index >= 15 is 0 Å². The Balaban J connectivity index is 1.51. The molecule has 1 aromatic rings. The van der Waals surface area contributed by atoms with Crippen molar-refractivity contribution in [2.45, 2.75) is 31.0 Å². The van der Waals surface area contributed by atoms with Crippen LogP contribution in [0, 0.1) is 0 Å². The highest BCUT2D eigenvalue weighted by Crippen LogP contribution is 2.37. The Morgan fingerprint density at radius 3 is 3.00 bits per heavy atom. The van der Waals surface area contributed by atoms with Crippen LogP contribution in [0.3, 0.4) is 0 Å². The fourth-order valence-electron chi connectivity index (χ4n) is 3.21. The zero-order valence-corrected chi connectivity index (χ0v) is 12.9. The van der Waals surface area contributed by atoms with Gasteiger partial charge in [-0.05, 0) is 25.0 Å². The summed E-state index contributed by atoms with van der Waals surface area (Å²) in [6, 6.07) is 3.77. The molecule has 22 heavy (non-hydrogen) atoms. The summed E-state index contributed by atoms with van der Waals surface area (Å²) >= 11 is 0. The van der Waals surface area contributed by atoms with E-state index in [0.29, 0.717) is 6.61 Å². The summed E-state index contributed by atoms with van der Waals surface area (Å²) in [7, 11) is 1.55. The van der Waals surface area contributed by atoms with Gasteiger partial charge in [0.25, 0.3) is 0 Å². The maximum atomic E-state index is 11.8. The Bertz CT molecular complexity index is 500. The molecule has 0 bridgehead atoms. The van der Waals surface area contributed by atoms with Gasteiger partial charge in [-0.3, -0.25) is 9.78 Å². The lowest BCUT2D eigenvalue weighted by atomic mass is 9.88. The minimum absolute atomic E-state index is 0.0542. The van der Waals surface area contributed by atoms with Crippen LogP contribution in [0.4, 0.5) is 0 Å². The number of methoxy groups -OCH3 is 1. The van der Waals surface area contributed by atoms with Gasteiger partial charge in [0, 0.05) is 32.8 Å². The van der Waals surface area contributed by atoms with E-state index in [2.05, 4.69) is 4.98 Å². The van der Waals surface area contributed by atoms with E-state index in [1.54, 1.807) is 19.5 Å². The number of rotatable bonds is 4. The average molecular weight is 306 g/mol. The number of piperidine rings is 1. The Kier molecular flexibility index (Phi) is 4.59. The predicted molar refractivity (Wildman–Crippen MR) is 79.6 cm³/mol. The standard InChI is InChI=1S/C16H22N2O4/c1-20-12-15(19)18-7-4-16(5-8-18)9-14(11-21-16)22-13-3-2-6-17-10-13/h2-3,6,10,14H,4-5,7-9,11-12H2,1H3/t14-/m1/s1. The summed E-state index contributed by atoms with van der Waals surface area (Å²) in [6.07, 6.45) is 6.09. The molecule has 0 saturated carbocycles. The van der Waals surface area contributed by atoms with Crippen LogP contribution in [0.1, 0.15) is 19.3 Å². The Hall–Kier alpha value is -1.66. The molecule has 120 valence electrons. The Morgan fingerprint density at radius 1 is 1.50 bits per heavy atom. The van der Waals surface area contributed by atoms with Gasteiger partial charge in [0.2, 0.25) is 5.91 Å². The molecule has 0 aromatic carbocycles. The number of carbonyl (C=O) groups is 1. The summed E-state index contributed by atoms with van der Waals surface area (Å²) in [5.74, 6) is 0.833. The zero-order valence-electron chi connectivity index (χ0n) is 12.9. The van der Waals surface area contributed by atoms with Crippen molar-refractivity contribution in [3.05, 3.63) is 24.5 Å². The summed E-state index contributed by atoms with van der Waals surface area (Å²) in [6.45, 7) is 2.20. The lowest BCUT2D eigenvalue weighted by molar-refractivity contribution is -0.139. The lowest BCUT2D eigenvalue weighted by Gasteiger charge is -2.38. The summed E-state index contributed by atoms with van der Waals surface area (Å²) < 4.78 is 16.9. The molecule has 2 saturated heterocycles. The van der Waals surface area contributed by atoms with Gasteiger partial charge in [-0.1, -0.05) is 0 Å². The Labute approximate surface area is 130 Å². The van der Waals surface area contributed by atoms with Gasteiger partial charge in [0.15, 0.2) is 0 Å². The SMILES string of the molecule is COCC(=O)N1CCC2(CC1)C[C@@H](Oc1cccnc1)CO2.